The molecule has 3 N–H and O–H groups in total. The molecule has 0 bridgehead atoms. The fourth-order valence-corrected chi connectivity index (χ4v) is 1.31. The molecule has 0 aliphatic heterocycles. The van der Waals surface area contributed by atoms with Gasteiger partial charge in [-0.3, -0.25) is 4.79 Å². The smallest absolute Gasteiger partial charge is 0.220 e. The highest BCUT2D eigenvalue weighted by molar-refractivity contribution is 5.76. The summed E-state index contributed by atoms with van der Waals surface area (Å²) in [5.74, 6) is 0.176. The molecular formula is C12H26N2O. The molecule has 0 radical (unpaired) electrons. The monoisotopic (exact) mass is 214 g/mol. The van der Waals surface area contributed by atoms with Gasteiger partial charge in [0.25, 0.3) is 0 Å². The molecule has 0 aromatic rings. The maximum Gasteiger partial charge on any atom is 0.220 e. The number of nitrogens with one attached hydrogen (secondary N) is 1. The number of nitrogens with two attached hydrogens (primary N) is 1. The van der Waals surface area contributed by atoms with Gasteiger partial charge in [-0.1, -0.05) is 19.8 Å². The summed E-state index contributed by atoms with van der Waals surface area (Å²) >= 11 is 0. The predicted octanol–water partition coefficient (Wildman–Crippen LogP) is 2.20. The topological polar surface area (TPSA) is 55.1 Å². The van der Waals surface area contributed by atoms with Gasteiger partial charge in [-0.15, -0.1) is 0 Å². The number of hydrogen-bond acceptors (Lipinski definition) is 2. The van der Waals surface area contributed by atoms with E-state index in [-0.39, 0.29) is 11.4 Å². The summed E-state index contributed by atoms with van der Waals surface area (Å²) in [5.41, 5.74) is 5.33. The van der Waals surface area contributed by atoms with Crippen LogP contribution in [0.2, 0.25) is 0 Å². The van der Waals surface area contributed by atoms with E-state index in [1.165, 1.54) is 0 Å². The first-order valence-corrected chi connectivity index (χ1v) is 6.03. The molecule has 0 aromatic heterocycles. The summed E-state index contributed by atoms with van der Waals surface area (Å²) < 4.78 is 0. The third-order valence-electron chi connectivity index (χ3n) is 2.72. The number of carbonyl (C=O) groups excluding carboxylic acids is 1. The summed E-state index contributed by atoms with van der Waals surface area (Å²) in [6, 6.07) is 0. The van der Waals surface area contributed by atoms with Gasteiger partial charge in [0, 0.05) is 12.0 Å². The van der Waals surface area contributed by atoms with Crippen LogP contribution in [-0.4, -0.2) is 18.0 Å². The Hall–Kier alpha value is -0.570. The first kappa shape index (κ1) is 14.4. The van der Waals surface area contributed by atoms with E-state index in [2.05, 4.69) is 26.1 Å². The van der Waals surface area contributed by atoms with E-state index >= 15 is 0 Å². The minimum Gasteiger partial charge on any atom is -0.351 e. The van der Waals surface area contributed by atoms with Crippen LogP contribution < -0.4 is 11.1 Å². The summed E-state index contributed by atoms with van der Waals surface area (Å²) in [6.45, 7) is 6.95. The van der Waals surface area contributed by atoms with Crippen molar-refractivity contribution in [1.82, 2.24) is 5.32 Å². The first-order valence-electron chi connectivity index (χ1n) is 6.03. The lowest BCUT2D eigenvalue weighted by Gasteiger charge is -2.24. The maximum absolute atomic E-state index is 11.5. The number of carbonyl (C=O) groups is 1. The van der Waals surface area contributed by atoms with Gasteiger partial charge in [0.1, 0.15) is 0 Å². The molecule has 0 saturated heterocycles. The van der Waals surface area contributed by atoms with Crippen molar-refractivity contribution in [2.75, 3.05) is 6.54 Å². The quantitative estimate of drug-likeness (QED) is 0.609. The van der Waals surface area contributed by atoms with Crippen LogP contribution in [0.3, 0.4) is 0 Å². The lowest BCUT2D eigenvalue weighted by atomic mass is 10.0. The van der Waals surface area contributed by atoms with Gasteiger partial charge in [0.05, 0.1) is 0 Å². The first-order chi connectivity index (χ1) is 7.02. The molecular weight excluding hydrogens is 188 g/mol. The van der Waals surface area contributed by atoms with Crippen LogP contribution in [-0.2, 0) is 4.79 Å². The van der Waals surface area contributed by atoms with Crippen LogP contribution in [0.4, 0.5) is 0 Å². The number of unbranched alkanes of at least 4 members (excludes halogenated alkanes) is 3. The molecule has 0 heterocycles. The molecule has 1 amide bonds. The Morgan fingerprint density at radius 3 is 2.33 bits per heavy atom. The molecule has 15 heavy (non-hydrogen) atoms. The van der Waals surface area contributed by atoms with Crippen LogP contribution in [0.15, 0.2) is 0 Å². The molecule has 90 valence electrons. The zero-order chi connectivity index (χ0) is 11.7. The molecule has 0 unspecified atom stereocenters. The molecule has 0 atom stereocenters. The Kier molecular flexibility index (Phi) is 7.39. The lowest BCUT2D eigenvalue weighted by molar-refractivity contribution is -0.122. The van der Waals surface area contributed by atoms with Gasteiger partial charge in [0.15, 0.2) is 0 Å². The Morgan fingerprint density at radius 2 is 1.80 bits per heavy atom. The minimum atomic E-state index is -0.0612. The van der Waals surface area contributed by atoms with Crippen molar-refractivity contribution in [3.05, 3.63) is 0 Å². The van der Waals surface area contributed by atoms with Crippen molar-refractivity contribution >= 4 is 5.91 Å². The van der Waals surface area contributed by atoms with E-state index in [0.29, 0.717) is 6.42 Å². The molecule has 0 aromatic carbocycles. The van der Waals surface area contributed by atoms with Crippen LogP contribution in [0.1, 0.15) is 59.3 Å². The van der Waals surface area contributed by atoms with Crippen molar-refractivity contribution in [1.29, 1.82) is 0 Å². The normalized spacial score (nSPS) is 11.5. The third kappa shape index (κ3) is 8.43. The molecule has 3 nitrogen and oxygen atoms in total. The summed E-state index contributed by atoms with van der Waals surface area (Å²) in [5, 5.41) is 3.03. The van der Waals surface area contributed by atoms with Gasteiger partial charge in [0.2, 0.25) is 5.91 Å². The van der Waals surface area contributed by atoms with Gasteiger partial charge in [-0.25, -0.2) is 0 Å². The third-order valence-corrected chi connectivity index (χ3v) is 2.72. The largest absolute Gasteiger partial charge is 0.351 e. The average molecular weight is 214 g/mol. The zero-order valence-corrected chi connectivity index (χ0v) is 10.4. The lowest BCUT2D eigenvalue weighted by Crippen LogP contribution is -2.42. The molecule has 0 saturated carbocycles. The van der Waals surface area contributed by atoms with Gasteiger partial charge in [-0.05, 0) is 39.7 Å². The maximum atomic E-state index is 11.5. The molecule has 3 heteroatoms. The van der Waals surface area contributed by atoms with E-state index in [1.807, 2.05) is 0 Å². The van der Waals surface area contributed by atoms with Crippen molar-refractivity contribution in [3.8, 4) is 0 Å². The van der Waals surface area contributed by atoms with Crippen molar-refractivity contribution in [2.45, 2.75) is 64.8 Å². The molecule has 0 rings (SSSR count). The number of rotatable bonds is 8. The van der Waals surface area contributed by atoms with E-state index in [4.69, 9.17) is 5.73 Å². The van der Waals surface area contributed by atoms with Gasteiger partial charge in [-0.2, -0.15) is 0 Å². The van der Waals surface area contributed by atoms with Crippen molar-refractivity contribution < 1.29 is 4.79 Å². The molecule has 0 spiro atoms. The van der Waals surface area contributed by atoms with E-state index < -0.39 is 0 Å². The average Bonchev–Trinajstić information content (AvgIpc) is 2.17. The standard InChI is InChI=1S/C12H26N2O/c1-4-12(2,3)14-11(15)9-7-5-6-8-10-13/h4-10,13H2,1-3H3,(H,14,15). The van der Waals surface area contributed by atoms with Gasteiger partial charge >= 0.3 is 0 Å². The molecule has 0 aliphatic carbocycles. The van der Waals surface area contributed by atoms with E-state index in [0.717, 1.165) is 38.6 Å². The van der Waals surface area contributed by atoms with Crippen LogP contribution >= 0.6 is 0 Å². The molecule has 0 aliphatic rings. The van der Waals surface area contributed by atoms with Gasteiger partial charge < -0.3 is 11.1 Å². The number of hydrogen-bond donors (Lipinski definition) is 2. The van der Waals surface area contributed by atoms with Crippen LogP contribution in [0.5, 0.6) is 0 Å². The second-order valence-electron chi connectivity index (χ2n) is 4.74. The fraction of sp³-hybridized carbons (Fsp3) is 0.917. The second kappa shape index (κ2) is 7.69. The second-order valence-corrected chi connectivity index (χ2v) is 4.74. The van der Waals surface area contributed by atoms with Crippen LogP contribution in [0, 0.1) is 0 Å². The Morgan fingerprint density at radius 1 is 1.20 bits per heavy atom. The highest BCUT2D eigenvalue weighted by Crippen LogP contribution is 2.08. The molecule has 0 fully saturated rings. The highest BCUT2D eigenvalue weighted by atomic mass is 16.1. The Bertz CT molecular complexity index is 178. The minimum absolute atomic E-state index is 0.0612. The van der Waals surface area contributed by atoms with Crippen molar-refractivity contribution in [2.24, 2.45) is 5.73 Å². The Balaban J connectivity index is 3.49. The van der Waals surface area contributed by atoms with Crippen molar-refractivity contribution in [3.63, 3.8) is 0 Å². The number of amides is 1. The van der Waals surface area contributed by atoms with E-state index in [1.54, 1.807) is 0 Å². The Labute approximate surface area is 93.8 Å². The highest BCUT2D eigenvalue weighted by Gasteiger charge is 2.16. The summed E-state index contributed by atoms with van der Waals surface area (Å²) in [4.78, 5) is 11.5. The summed E-state index contributed by atoms with van der Waals surface area (Å²) in [7, 11) is 0. The SMILES string of the molecule is CCC(C)(C)NC(=O)CCCCCCN. The fourth-order valence-electron chi connectivity index (χ4n) is 1.31. The summed E-state index contributed by atoms with van der Waals surface area (Å²) in [6.07, 6.45) is 5.91. The van der Waals surface area contributed by atoms with E-state index in [9.17, 15) is 4.79 Å². The van der Waals surface area contributed by atoms with Crippen LogP contribution in [0.25, 0.3) is 0 Å². The zero-order valence-electron chi connectivity index (χ0n) is 10.4. The predicted molar refractivity (Wildman–Crippen MR) is 64.7 cm³/mol.